The molecule has 2 rings (SSSR count). The molecule has 0 aromatic heterocycles. The molecule has 1 aliphatic rings. The minimum Gasteiger partial charge on any atom is -0.504 e. The number of rotatable bonds is 5. The third-order valence-electron chi connectivity index (χ3n) is 3.57. The van der Waals surface area contributed by atoms with Gasteiger partial charge in [0.1, 0.15) is 0 Å². The Balaban J connectivity index is 1.92. The molecule has 4 nitrogen and oxygen atoms in total. The third kappa shape index (κ3) is 2.94. The van der Waals surface area contributed by atoms with Crippen LogP contribution in [0.3, 0.4) is 0 Å². The summed E-state index contributed by atoms with van der Waals surface area (Å²) in [6.45, 7) is 0.738. The summed E-state index contributed by atoms with van der Waals surface area (Å²) in [6, 6.07) is 5.90. The quantitative estimate of drug-likeness (QED) is 0.841. The van der Waals surface area contributed by atoms with Gasteiger partial charge in [0.25, 0.3) is 0 Å². The fourth-order valence-corrected chi connectivity index (χ4v) is 2.54. The van der Waals surface area contributed by atoms with Gasteiger partial charge in [-0.25, -0.2) is 0 Å². The highest BCUT2D eigenvalue weighted by Crippen LogP contribution is 2.27. The van der Waals surface area contributed by atoms with E-state index in [1.807, 2.05) is 6.07 Å². The van der Waals surface area contributed by atoms with Crippen LogP contribution >= 0.6 is 0 Å². The maximum absolute atomic E-state index is 9.70. The van der Waals surface area contributed by atoms with Crippen molar-refractivity contribution in [2.24, 2.45) is 0 Å². The summed E-state index contributed by atoms with van der Waals surface area (Å²) in [5, 5.41) is 13.2. The zero-order chi connectivity index (χ0) is 13.0. The standard InChI is InChI=1S/C14H21NO3/c1-17-13-5-3-4-11(13)15-9-10-6-7-14(18-2)12(16)8-10/h6-8,11,13,15-16H,3-5,9H2,1-2H3. The van der Waals surface area contributed by atoms with Crippen molar-refractivity contribution in [2.75, 3.05) is 14.2 Å². The average Bonchev–Trinajstić information content (AvgIpc) is 2.84. The molecule has 2 N–H and O–H groups in total. The van der Waals surface area contributed by atoms with Crippen LogP contribution in [0.4, 0.5) is 0 Å². The molecule has 0 saturated heterocycles. The van der Waals surface area contributed by atoms with Gasteiger partial charge in [0.2, 0.25) is 0 Å². The molecule has 0 heterocycles. The van der Waals surface area contributed by atoms with Crippen molar-refractivity contribution in [3.8, 4) is 11.5 Å². The van der Waals surface area contributed by atoms with Crippen molar-refractivity contribution in [3.05, 3.63) is 23.8 Å². The van der Waals surface area contributed by atoms with Crippen LogP contribution in [0, 0.1) is 0 Å². The van der Waals surface area contributed by atoms with Crippen molar-refractivity contribution in [3.63, 3.8) is 0 Å². The van der Waals surface area contributed by atoms with E-state index in [0.29, 0.717) is 17.9 Å². The molecule has 100 valence electrons. The van der Waals surface area contributed by atoms with Crippen LogP contribution in [0.2, 0.25) is 0 Å². The molecule has 2 unspecified atom stereocenters. The molecule has 0 amide bonds. The van der Waals surface area contributed by atoms with E-state index in [4.69, 9.17) is 9.47 Å². The first-order valence-electron chi connectivity index (χ1n) is 6.36. The largest absolute Gasteiger partial charge is 0.504 e. The van der Waals surface area contributed by atoms with Gasteiger partial charge >= 0.3 is 0 Å². The lowest BCUT2D eigenvalue weighted by Gasteiger charge is -2.19. The van der Waals surface area contributed by atoms with E-state index >= 15 is 0 Å². The van der Waals surface area contributed by atoms with E-state index in [2.05, 4.69) is 5.32 Å². The van der Waals surface area contributed by atoms with Crippen LogP contribution < -0.4 is 10.1 Å². The third-order valence-corrected chi connectivity index (χ3v) is 3.57. The summed E-state index contributed by atoms with van der Waals surface area (Å²) in [5.74, 6) is 0.695. The van der Waals surface area contributed by atoms with Crippen LogP contribution in [-0.4, -0.2) is 31.5 Å². The Morgan fingerprint density at radius 2 is 2.17 bits per heavy atom. The van der Waals surface area contributed by atoms with Gasteiger partial charge < -0.3 is 19.9 Å². The van der Waals surface area contributed by atoms with Gasteiger partial charge in [0.05, 0.1) is 13.2 Å². The first-order valence-corrected chi connectivity index (χ1v) is 6.36. The Kier molecular flexibility index (Phi) is 4.44. The summed E-state index contributed by atoms with van der Waals surface area (Å²) in [4.78, 5) is 0. The Morgan fingerprint density at radius 1 is 1.33 bits per heavy atom. The number of ether oxygens (including phenoxy) is 2. The Hall–Kier alpha value is -1.26. The Bertz CT molecular complexity index is 395. The van der Waals surface area contributed by atoms with Gasteiger partial charge in [-0.2, -0.15) is 0 Å². The second-order valence-electron chi connectivity index (χ2n) is 4.70. The Morgan fingerprint density at radius 3 is 2.83 bits per heavy atom. The van der Waals surface area contributed by atoms with Crippen molar-refractivity contribution in [2.45, 2.75) is 38.0 Å². The number of phenols is 1. The van der Waals surface area contributed by atoms with Crippen LogP contribution in [0.25, 0.3) is 0 Å². The van der Waals surface area contributed by atoms with E-state index in [1.54, 1.807) is 26.4 Å². The highest BCUT2D eigenvalue weighted by Gasteiger charge is 2.26. The summed E-state index contributed by atoms with van der Waals surface area (Å²) >= 11 is 0. The molecule has 0 bridgehead atoms. The van der Waals surface area contributed by atoms with E-state index in [-0.39, 0.29) is 5.75 Å². The van der Waals surface area contributed by atoms with Crippen molar-refractivity contribution in [1.82, 2.24) is 5.32 Å². The SMILES string of the molecule is COc1ccc(CNC2CCCC2OC)cc1O. The number of phenolic OH excluding ortho intramolecular Hbond substituents is 1. The van der Waals surface area contributed by atoms with Gasteiger partial charge in [-0.05, 0) is 37.0 Å². The number of hydrogen-bond acceptors (Lipinski definition) is 4. The van der Waals surface area contributed by atoms with E-state index in [0.717, 1.165) is 24.9 Å². The number of hydrogen-bond donors (Lipinski definition) is 2. The minimum absolute atomic E-state index is 0.187. The normalized spacial score (nSPS) is 23.2. The molecule has 18 heavy (non-hydrogen) atoms. The summed E-state index contributed by atoms with van der Waals surface area (Å²) in [6.07, 6.45) is 3.81. The number of methoxy groups -OCH3 is 2. The van der Waals surface area contributed by atoms with E-state index in [1.165, 1.54) is 6.42 Å². The lowest BCUT2D eigenvalue weighted by Crippen LogP contribution is -2.36. The monoisotopic (exact) mass is 251 g/mol. The number of aromatic hydroxyl groups is 1. The first kappa shape index (κ1) is 13.2. The molecule has 0 spiro atoms. The van der Waals surface area contributed by atoms with Gasteiger partial charge in [-0.15, -0.1) is 0 Å². The predicted octanol–water partition coefficient (Wildman–Crippen LogP) is 2.06. The van der Waals surface area contributed by atoms with Crippen LogP contribution in [0.1, 0.15) is 24.8 Å². The summed E-state index contributed by atoms with van der Waals surface area (Å²) in [5.41, 5.74) is 1.05. The molecule has 1 fully saturated rings. The van der Waals surface area contributed by atoms with Crippen LogP contribution in [0.5, 0.6) is 11.5 Å². The maximum Gasteiger partial charge on any atom is 0.160 e. The van der Waals surface area contributed by atoms with E-state index in [9.17, 15) is 5.11 Å². The molecular weight excluding hydrogens is 230 g/mol. The molecule has 2 atom stereocenters. The lowest BCUT2D eigenvalue weighted by atomic mass is 10.1. The van der Waals surface area contributed by atoms with Crippen molar-refractivity contribution >= 4 is 0 Å². The van der Waals surface area contributed by atoms with Crippen molar-refractivity contribution in [1.29, 1.82) is 0 Å². The van der Waals surface area contributed by atoms with Crippen molar-refractivity contribution < 1.29 is 14.6 Å². The highest BCUT2D eigenvalue weighted by molar-refractivity contribution is 5.41. The van der Waals surface area contributed by atoms with E-state index < -0.39 is 0 Å². The Labute approximate surface area is 108 Å². The number of nitrogens with one attached hydrogen (secondary N) is 1. The summed E-state index contributed by atoms with van der Waals surface area (Å²) in [7, 11) is 3.32. The molecular formula is C14H21NO3. The second-order valence-corrected chi connectivity index (χ2v) is 4.70. The molecule has 0 radical (unpaired) electrons. The molecule has 1 aromatic rings. The molecule has 1 aromatic carbocycles. The molecule has 4 heteroatoms. The first-order chi connectivity index (χ1) is 8.74. The maximum atomic E-state index is 9.70. The molecule has 0 aliphatic heterocycles. The second kappa shape index (κ2) is 6.07. The lowest BCUT2D eigenvalue weighted by molar-refractivity contribution is 0.0847. The van der Waals surface area contributed by atoms with Gasteiger partial charge in [0.15, 0.2) is 11.5 Å². The number of benzene rings is 1. The fourth-order valence-electron chi connectivity index (χ4n) is 2.54. The predicted molar refractivity (Wildman–Crippen MR) is 69.9 cm³/mol. The van der Waals surface area contributed by atoms with Crippen LogP contribution in [0.15, 0.2) is 18.2 Å². The fraction of sp³-hybridized carbons (Fsp3) is 0.571. The minimum atomic E-state index is 0.187. The van der Waals surface area contributed by atoms with Crippen LogP contribution in [-0.2, 0) is 11.3 Å². The molecule has 1 saturated carbocycles. The summed E-state index contributed by atoms with van der Waals surface area (Å²) < 4.78 is 10.5. The van der Waals surface area contributed by atoms with Gasteiger partial charge in [-0.3, -0.25) is 0 Å². The van der Waals surface area contributed by atoms with Gasteiger partial charge in [0, 0.05) is 19.7 Å². The zero-order valence-electron chi connectivity index (χ0n) is 11.0. The zero-order valence-corrected chi connectivity index (χ0v) is 11.0. The van der Waals surface area contributed by atoms with Gasteiger partial charge in [-0.1, -0.05) is 6.07 Å². The topological polar surface area (TPSA) is 50.7 Å². The average molecular weight is 251 g/mol. The highest BCUT2D eigenvalue weighted by atomic mass is 16.5. The molecule has 1 aliphatic carbocycles. The smallest absolute Gasteiger partial charge is 0.160 e.